The van der Waals surface area contributed by atoms with Crippen LogP contribution in [0, 0.1) is 12.7 Å². The van der Waals surface area contributed by atoms with Crippen LogP contribution in [0.3, 0.4) is 0 Å². The molecule has 0 aliphatic carbocycles. The first-order valence-corrected chi connectivity index (χ1v) is 8.62. The molecule has 2 aromatic rings. The highest BCUT2D eigenvalue weighted by molar-refractivity contribution is 7.80. The summed E-state index contributed by atoms with van der Waals surface area (Å²) >= 11 is -2.48. The van der Waals surface area contributed by atoms with E-state index in [-0.39, 0.29) is 0 Å². The molecule has 25 heavy (non-hydrogen) atoms. The number of hydrogen-bond acceptors (Lipinski definition) is 3. The van der Waals surface area contributed by atoms with Gasteiger partial charge in [0, 0.05) is 34.2 Å². The molecule has 2 aromatic carbocycles. The summed E-state index contributed by atoms with van der Waals surface area (Å²) in [5.74, 6) is -0.521. The topological polar surface area (TPSA) is 61.4 Å². The summed E-state index contributed by atoms with van der Waals surface area (Å²) in [4.78, 5) is 0. The van der Waals surface area contributed by atoms with Gasteiger partial charge in [-0.05, 0) is 50.1 Å². The zero-order valence-corrected chi connectivity index (χ0v) is 14.7. The second-order valence-electron chi connectivity index (χ2n) is 6.31. The number of ether oxygens (including phenoxy) is 1. The fourth-order valence-corrected chi connectivity index (χ4v) is 3.24. The van der Waals surface area contributed by atoms with Crippen molar-refractivity contribution in [2.24, 2.45) is 0 Å². The van der Waals surface area contributed by atoms with Crippen molar-refractivity contribution in [1.29, 1.82) is 0 Å². The van der Waals surface area contributed by atoms with Crippen molar-refractivity contribution in [2.45, 2.75) is 26.4 Å². The summed E-state index contributed by atoms with van der Waals surface area (Å²) < 4.78 is 58.2. The number of rotatable bonds is 3. The molecule has 132 valence electrons. The van der Waals surface area contributed by atoms with Crippen molar-refractivity contribution in [3.05, 3.63) is 64.7 Å². The van der Waals surface area contributed by atoms with Gasteiger partial charge >= 0.3 is 0 Å². The van der Waals surface area contributed by atoms with Gasteiger partial charge in [-0.25, -0.2) is 8.78 Å². The molecule has 1 aliphatic heterocycles. The zero-order valence-electron chi connectivity index (χ0n) is 13.9. The SMILES string of the molecule is Cc1cc(NS(=O)[O-])cc2c1C(c1ccc(F)cc1)=C(F)C(C)(C)O2. The van der Waals surface area contributed by atoms with Gasteiger partial charge in [-0.15, -0.1) is 0 Å². The highest BCUT2D eigenvalue weighted by Crippen LogP contribution is 2.46. The average molecular weight is 364 g/mol. The molecule has 4 nitrogen and oxygen atoms in total. The molecule has 0 spiro atoms. The molecule has 0 saturated heterocycles. The van der Waals surface area contributed by atoms with Crippen LogP contribution in [0.15, 0.2) is 42.2 Å². The normalized spacial score (nSPS) is 16.9. The van der Waals surface area contributed by atoms with Crippen LogP contribution in [0.5, 0.6) is 5.75 Å². The Balaban J connectivity index is 2.24. The summed E-state index contributed by atoms with van der Waals surface area (Å²) in [7, 11) is 0. The lowest BCUT2D eigenvalue weighted by Gasteiger charge is -2.34. The van der Waals surface area contributed by atoms with Crippen LogP contribution in [0.25, 0.3) is 5.57 Å². The monoisotopic (exact) mass is 364 g/mol. The van der Waals surface area contributed by atoms with Crippen LogP contribution < -0.4 is 9.46 Å². The number of nitrogens with one attached hydrogen (secondary N) is 1. The highest BCUT2D eigenvalue weighted by Gasteiger charge is 2.37. The Kier molecular flexibility index (Phi) is 4.38. The summed E-state index contributed by atoms with van der Waals surface area (Å²) in [5.41, 5.74) is 1.08. The Morgan fingerprint density at radius 3 is 2.40 bits per heavy atom. The number of anilines is 1. The van der Waals surface area contributed by atoms with Gasteiger partial charge in [0.15, 0.2) is 11.4 Å². The molecule has 1 atom stereocenters. The van der Waals surface area contributed by atoms with Gasteiger partial charge in [0.2, 0.25) is 0 Å². The second kappa shape index (κ2) is 6.24. The third kappa shape index (κ3) is 3.29. The first-order valence-electron chi connectivity index (χ1n) is 7.55. The third-order valence-electron chi connectivity index (χ3n) is 4.00. The average Bonchev–Trinajstić information content (AvgIpc) is 2.49. The number of benzene rings is 2. The summed E-state index contributed by atoms with van der Waals surface area (Å²) in [6.45, 7) is 4.89. The number of fused-ring (bicyclic) bond motifs is 1. The largest absolute Gasteiger partial charge is 0.755 e. The quantitative estimate of drug-likeness (QED) is 0.829. The molecule has 0 saturated carbocycles. The molecule has 0 fully saturated rings. The molecule has 3 rings (SSSR count). The molecule has 0 radical (unpaired) electrons. The highest BCUT2D eigenvalue weighted by atomic mass is 32.2. The van der Waals surface area contributed by atoms with Crippen LogP contribution in [0.2, 0.25) is 0 Å². The second-order valence-corrected chi connectivity index (χ2v) is 6.98. The van der Waals surface area contributed by atoms with Crippen molar-refractivity contribution in [2.75, 3.05) is 4.72 Å². The smallest absolute Gasteiger partial charge is 0.155 e. The van der Waals surface area contributed by atoms with Crippen molar-refractivity contribution in [1.82, 2.24) is 0 Å². The molecule has 7 heteroatoms. The summed E-state index contributed by atoms with van der Waals surface area (Å²) in [5, 5.41) is 0. The molecule has 0 amide bonds. The van der Waals surface area contributed by atoms with E-state index >= 15 is 4.39 Å². The standard InChI is InChI=1S/C18H17F2NO3S/c1-10-8-13(21-25(22)23)9-14-15(10)16(17(20)18(2,3)24-14)11-4-6-12(19)7-5-11/h4-9,21H,1-3H3,(H,22,23)/p-1. The number of halogens is 2. The summed E-state index contributed by atoms with van der Waals surface area (Å²) in [6.07, 6.45) is 0. The Labute approximate surface area is 146 Å². The molecule has 0 aromatic heterocycles. The predicted molar refractivity (Wildman–Crippen MR) is 92.0 cm³/mol. The Morgan fingerprint density at radius 1 is 1.16 bits per heavy atom. The maximum Gasteiger partial charge on any atom is 0.155 e. The van der Waals surface area contributed by atoms with E-state index in [0.717, 1.165) is 0 Å². The van der Waals surface area contributed by atoms with Gasteiger partial charge in [0.25, 0.3) is 0 Å². The fraction of sp³-hybridized carbons (Fsp3) is 0.222. The van der Waals surface area contributed by atoms with Crippen LogP contribution in [-0.2, 0) is 11.3 Å². The lowest BCUT2D eigenvalue weighted by Crippen LogP contribution is -2.33. The van der Waals surface area contributed by atoms with Crippen LogP contribution in [0.4, 0.5) is 14.5 Å². The van der Waals surface area contributed by atoms with Gasteiger partial charge < -0.3 is 14.0 Å². The van der Waals surface area contributed by atoms with Crippen LogP contribution in [-0.4, -0.2) is 14.4 Å². The van der Waals surface area contributed by atoms with Gasteiger partial charge in [0.1, 0.15) is 11.6 Å². The minimum absolute atomic E-state index is 0.318. The lowest BCUT2D eigenvalue weighted by molar-refractivity contribution is 0.117. The van der Waals surface area contributed by atoms with Crippen molar-refractivity contribution in [3.63, 3.8) is 0 Å². The molecule has 1 aliphatic rings. The Morgan fingerprint density at radius 2 is 1.80 bits per heavy atom. The van der Waals surface area contributed by atoms with E-state index in [2.05, 4.69) is 4.72 Å². The fourth-order valence-electron chi connectivity index (χ4n) is 2.93. The maximum absolute atomic E-state index is 15.1. The minimum Gasteiger partial charge on any atom is -0.755 e. The lowest BCUT2D eigenvalue weighted by atomic mass is 9.86. The van der Waals surface area contributed by atoms with E-state index in [1.807, 2.05) is 0 Å². The van der Waals surface area contributed by atoms with Crippen molar-refractivity contribution >= 4 is 22.5 Å². The minimum atomic E-state index is -2.48. The van der Waals surface area contributed by atoms with Gasteiger partial charge in [0.05, 0.1) is 0 Å². The Bertz CT molecular complexity index is 892. The number of aryl methyl sites for hydroxylation is 1. The Hall–Kier alpha value is -2.25. The summed E-state index contributed by atoms with van der Waals surface area (Å²) in [6, 6.07) is 8.65. The van der Waals surface area contributed by atoms with E-state index in [1.165, 1.54) is 30.3 Å². The molecule has 1 unspecified atom stereocenters. The van der Waals surface area contributed by atoms with Gasteiger partial charge in [-0.2, -0.15) is 0 Å². The third-order valence-corrected chi connectivity index (χ3v) is 4.40. The number of hydrogen-bond donors (Lipinski definition) is 1. The zero-order chi connectivity index (χ0) is 18.4. The van der Waals surface area contributed by atoms with E-state index in [0.29, 0.717) is 33.7 Å². The van der Waals surface area contributed by atoms with E-state index in [1.54, 1.807) is 26.8 Å². The molecule has 0 bridgehead atoms. The van der Waals surface area contributed by atoms with Crippen LogP contribution >= 0.6 is 0 Å². The predicted octanol–water partition coefficient (Wildman–Crippen LogP) is 4.24. The van der Waals surface area contributed by atoms with Crippen molar-refractivity contribution in [3.8, 4) is 5.75 Å². The van der Waals surface area contributed by atoms with E-state index < -0.39 is 28.5 Å². The molecular weight excluding hydrogens is 348 g/mol. The van der Waals surface area contributed by atoms with E-state index in [4.69, 9.17) is 4.74 Å². The van der Waals surface area contributed by atoms with Gasteiger partial charge in [-0.3, -0.25) is 4.21 Å². The van der Waals surface area contributed by atoms with Crippen LogP contribution in [0.1, 0.15) is 30.5 Å². The van der Waals surface area contributed by atoms with Gasteiger partial charge in [-0.1, -0.05) is 12.1 Å². The van der Waals surface area contributed by atoms with Crippen molar-refractivity contribution < 1.29 is 22.3 Å². The molecule has 1 heterocycles. The molecule has 1 N–H and O–H groups in total. The maximum atomic E-state index is 15.1. The first-order chi connectivity index (χ1) is 11.7. The first kappa shape index (κ1) is 17.6. The molecular formula is C18H16F2NO3S-. The van der Waals surface area contributed by atoms with E-state index in [9.17, 15) is 13.2 Å².